The quantitative estimate of drug-likeness (QED) is 0.759. The van der Waals surface area contributed by atoms with Crippen molar-refractivity contribution in [1.82, 2.24) is 10.3 Å². The molecule has 3 rings (SSSR count). The molecule has 0 atom stereocenters. The zero-order valence-electron chi connectivity index (χ0n) is 13.6. The maximum Gasteiger partial charge on any atom is 0.251 e. The minimum atomic E-state index is -0.0653. The summed E-state index contributed by atoms with van der Waals surface area (Å²) in [4.78, 5) is 26.4. The van der Waals surface area contributed by atoms with E-state index in [-0.39, 0.29) is 11.5 Å². The van der Waals surface area contributed by atoms with Crippen LogP contribution in [0.3, 0.4) is 0 Å². The molecule has 0 fully saturated rings. The van der Waals surface area contributed by atoms with Crippen LogP contribution in [0.25, 0.3) is 10.9 Å². The van der Waals surface area contributed by atoms with Gasteiger partial charge in [0.15, 0.2) is 0 Å². The average Bonchev–Trinajstić information content (AvgIpc) is 2.60. The molecule has 122 valence electrons. The van der Waals surface area contributed by atoms with Crippen LogP contribution in [0, 0.1) is 6.92 Å². The molecule has 3 aromatic rings. The van der Waals surface area contributed by atoms with Crippen molar-refractivity contribution in [2.75, 3.05) is 0 Å². The van der Waals surface area contributed by atoms with Gasteiger partial charge >= 0.3 is 0 Å². The van der Waals surface area contributed by atoms with Crippen molar-refractivity contribution in [2.24, 2.45) is 0 Å². The Hall–Kier alpha value is -2.88. The van der Waals surface area contributed by atoms with E-state index in [1.807, 2.05) is 54.6 Å². The van der Waals surface area contributed by atoms with Crippen LogP contribution in [0.2, 0.25) is 0 Å². The summed E-state index contributed by atoms with van der Waals surface area (Å²) in [5.41, 5.74) is 3.61. The number of hydrogen-bond donors (Lipinski definition) is 2. The van der Waals surface area contributed by atoms with Gasteiger partial charge in [0.2, 0.25) is 5.91 Å². The molecule has 0 radical (unpaired) electrons. The summed E-state index contributed by atoms with van der Waals surface area (Å²) < 4.78 is 0. The number of pyridine rings is 1. The van der Waals surface area contributed by atoms with Gasteiger partial charge in [-0.2, -0.15) is 0 Å². The number of carbonyl (C=O) groups is 1. The van der Waals surface area contributed by atoms with Crippen LogP contribution < -0.4 is 10.9 Å². The molecule has 0 bridgehead atoms. The van der Waals surface area contributed by atoms with E-state index in [4.69, 9.17) is 0 Å². The first-order valence-corrected chi connectivity index (χ1v) is 8.05. The van der Waals surface area contributed by atoms with Crippen molar-refractivity contribution >= 4 is 16.8 Å². The molecule has 1 amide bonds. The van der Waals surface area contributed by atoms with E-state index < -0.39 is 0 Å². The zero-order valence-corrected chi connectivity index (χ0v) is 13.6. The molecule has 2 N–H and O–H groups in total. The lowest BCUT2D eigenvalue weighted by atomic mass is 10.1. The third-order valence-electron chi connectivity index (χ3n) is 4.07. The summed E-state index contributed by atoms with van der Waals surface area (Å²) in [5, 5.41) is 3.92. The Kier molecular flexibility index (Phi) is 4.75. The number of carbonyl (C=O) groups excluding carboxylic acids is 1. The molecule has 0 spiro atoms. The minimum Gasteiger partial charge on any atom is -0.352 e. The van der Waals surface area contributed by atoms with E-state index in [9.17, 15) is 9.59 Å². The molecule has 0 unspecified atom stereocenters. The number of aromatic nitrogens is 1. The fraction of sp³-hybridized carbons (Fsp3) is 0.200. The maximum absolute atomic E-state index is 12.0. The molecule has 2 aromatic carbocycles. The van der Waals surface area contributed by atoms with Crippen LogP contribution in [0.5, 0.6) is 0 Å². The van der Waals surface area contributed by atoms with Crippen molar-refractivity contribution < 1.29 is 4.79 Å². The van der Waals surface area contributed by atoms with Crippen molar-refractivity contribution in [1.29, 1.82) is 0 Å². The van der Waals surface area contributed by atoms with Gasteiger partial charge in [0.1, 0.15) is 0 Å². The Morgan fingerprint density at radius 3 is 2.62 bits per heavy atom. The number of amides is 1. The lowest BCUT2D eigenvalue weighted by Gasteiger charge is -2.07. The van der Waals surface area contributed by atoms with Gasteiger partial charge in [-0.05, 0) is 48.1 Å². The molecule has 1 heterocycles. The minimum absolute atomic E-state index is 0.0385. The summed E-state index contributed by atoms with van der Waals surface area (Å²) >= 11 is 0. The first kappa shape index (κ1) is 16.0. The lowest BCUT2D eigenvalue weighted by Crippen LogP contribution is -2.23. The van der Waals surface area contributed by atoms with Gasteiger partial charge < -0.3 is 10.3 Å². The van der Waals surface area contributed by atoms with Gasteiger partial charge in [0.25, 0.3) is 5.56 Å². The summed E-state index contributed by atoms with van der Waals surface area (Å²) in [6.07, 6.45) is 1.22. The van der Waals surface area contributed by atoms with Gasteiger partial charge in [-0.25, -0.2) is 0 Å². The van der Waals surface area contributed by atoms with Crippen LogP contribution in [0.4, 0.5) is 0 Å². The smallest absolute Gasteiger partial charge is 0.251 e. The average molecular weight is 320 g/mol. The molecule has 4 heteroatoms. The highest BCUT2D eigenvalue weighted by atomic mass is 16.1. The van der Waals surface area contributed by atoms with E-state index >= 15 is 0 Å². The number of nitrogens with one attached hydrogen (secondary N) is 2. The second kappa shape index (κ2) is 7.13. The molecule has 0 aliphatic heterocycles. The molecule has 4 nitrogen and oxygen atoms in total. The fourth-order valence-corrected chi connectivity index (χ4v) is 2.67. The molecule has 0 saturated carbocycles. The maximum atomic E-state index is 12.0. The van der Waals surface area contributed by atoms with Crippen LogP contribution >= 0.6 is 0 Å². The molecular weight excluding hydrogens is 300 g/mol. The van der Waals surface area contributed by atoms with Gasteiger partial charge in [0.05, 0.1) is 0 Å². The Labute approximate surface area is 140 Å². The lowest BCUT2D eigenvalue weighted by molar-refractivity contribution is -0.121. The van der Waals surface area contributed by atoms with E-state index in [1.165, 1.54) is 0 Å². The molecule has 1 aromatic heterocycles. The normalized spacial score (nSPS) is 10.7. The largest absolute Gasteiger partial charge is 0.352 e. The van der Waals surface area contributed by atoms with Gasteiger partial charge in [0, 0.05) is 24.0 Å². The standard InChI is InChI=1S/C20H20N2O2/c1-14-11-17-12-16(7-9-18(17)22-20(14)24)13-21-19(23)10-8-15-5-3-2-4-6-15/h2-7,9,11-12H,8,10,13H2,1H3,(H,21,23)(H,22,24). The van der Waals surface area contributed by atoms with Gasteiger partial charge in [-0.3, -0.25) is 9.59 Å². The SMILES string of the molecule is Cc1cc2cc(CNC(=O)CCc3ccccc3)ccc2[nH]c1=O. The number of aryl methyl sites for hydroxylation is 2. The van der Waals surface area contributed by atoms with Crippen LogP contribution in [0.15, 0.2) is 59.4 Å². The van der Waals surface area contributed by atoms with Crippen LogP contribution in [-0.2, 0) is 17.8 Å². The van der Waals surface area contributed by atoms with E-state index in [2.05, 4.69) is 10.3 Å². The Morgan fingerprint density at radius 2 is 1.83 bits per heavy atom. The predicted octanol–water partition coefficient (Wildman–Crippen LogP) is 3.09. The Bertz CT molecular complexity index is 914. The van der Waals surface area contributed by atoms with Crippen molar-refractivity contribution in [3.8, 4) is 0 Å². The Morgan fingerprint density at radius 1 is 1.04 bits per heavy atom. The molecule has 0 aliphatic carbocycles. The summed E-state index contributed by atoms with van der Waals surface area (Å²) in [7, 11) is 0. The fourth-order valence-electron chi connectivity index (χ4n) is 2.67. The van der Waals surface area contributed by atoms with Crippen molar-refractivity contribution in [3.63, 3.8) is 0 Å². The zero-order chi connectivity index (χ0) is 16.9. The summed E-state index contributed by atoms with van der Waals surface area (Å²) in [6, 6.07) is 17.7. The first-order chi connectivity index (χ1) is 11.6. The Balaban J connectivity index is 1.60. The van der Waals surface area contributed by atoms with E-state index in [0.29, 0.717) is 18.5 Å². The van der Waals surface area contributed by atoms with Crippen LogP contribution in [0.1, 0.15) is 23.1 Å². The monoisotopic (exact) mass is 320 g/mol. The highest BCUT2D eigenvalue weighted by Crippen LogP contribution is 2.13. The summed E-state index contributed by atoms with van der Waals surface area (Å²) in [6.45, 7) is 2.28. The van der Waals surface area contributed by atoms with Crippen LogP contribution in [-0.4, -0.2) is 10.9 Å². The number of hydrogen-bond acceptors (Lipinski definition) is 2. The van der Waals surface area contributed by atoms with Crippen molar-refractivity contribution in [3.05, 3.63) is 81.6 Å². The second-order valence-electron chi connectivity index (χ2n) is 5.97. The van der Waals surface area contributed by atoms with E-state index in [0.717, 1.165) is 28.5 Å². The third kappa shape index (κ3) is 3.90. The molecular formula is C20H20N2O2. The summed E-state index contributed by atoms with van der Waals surface area (Å²) in [5.74, 6) is 0.0385. The number of rotatable bonds is 5. The highest BCUT2D eigenvalue weighted by Gasteiger charge is 2.04. The number of H-pyrrole nitrogens is 1. The number of aromatic amines is 1. The topological polar surface area (TPSA) is 62.0 Å². The highest BCUT2D eigenvalue weighted by molar-refractivity contribution is 5.80. The number of benzene rings is 2. The number of fused-ring (bicyclic) bond motifs is 1. The molecule has 24 heavy (non-hydrogen) atoms. The first-order valence-electron chi connectivity index (χ1n) is 8.05. The van der Waals surface area contributed by atoms with Crippen molar-refractivity contribution in [2.45, 2.75) is 26.3 Å². The second-order valence-corrected chi connectivity index (χ2v) is 5.97. The van der Waals surface area contributed by atoms with Gasteiger partial charge in [-0.15, -0.1) is 0 Å². The van der Waals surface area contributed by atoms with Gasteiger partial charge in [-0.1, -0.05) is 36.4 Å². The van der Waals surface area contributed by atoms with E-state index in [1.54, 1.807) is 6.92 Å². The molecule has 0 saturated heterocycles. The molecule has 0 aliphatic rings. The third-order valence-corrected chi connectivity index (χ3v) is 4.07. The predicted molar refractivity (Wildman–Crippen MR) is 95.9 cm³/mol.